The van der Waals surface area contributed by atoms with E-state index in [9.17, 15) is 13.2 Å². The minimum absolute atomic E-state index is 0.00905. The summed E-state index contributed by atoms with van der Waals surface area (Å²) < 4.78 is 26.5. The summed E-state index contributed by atoms with van der Waals surface area (Å²) in [6.07, 6.45) is 4.06. The highest BCUT2D eigenvalue weighted by Crippen LogP contribution is 2.32. The van der Waals surface area contributed by atoms with Gasteiger partial charge < -0.3 is 4.90 Å². The van der Waals surface area contributed by atoms with Crippen molar-refractivity contribution in [2.45, 2.75) is 26.2 Å². The Hall–Kier alpha value is -1.41. The maximum Gasteiger partial charge on any atom is 0.274 e. The van der Waals surface area contributed by atoms with E-state index in [4.69, 9.17) is 0 Å². The van der Waals surface area contributed by atoms with E-state index in [2.05, 4.69) is 5.10 Å². The van der Waals surface area contributed by atoms with Crippen LogP contribution in [0.5, 0.6) is 0 Å². The number of aromatic nitrogens is 2. The van der Waals surface area contributed by atoms with Gasteiger partial charge in [-0.15, -0.1) is 0 Å². The fraction of sp³-hybridized carbons (Fsp3) is 0.750. The molecule has 1 atom stereocenters. The van der Waals surface area contributed by atoms with Crippen molar-refractivity contribution in [1.82, 2.24) is 19.0 Å². The van der Waals surface area contributed by atoms with E-state index < -0.39 is 10.0 Å². The fourth-order valence-electron chi connectivity index (χ4n) is 3.86. The van der Waals surface area contributed by atoms with E-state index in [0.717, 1.165) is 38.0 Å². The maximum absolute atomic E-state index is 12.6. The molecule has 2 fully saturated rings. The second kappa shape index (κ2) is 6.48. The first kappa shape index (κ1) is 17.4. The zero-order valence-electron chi connectivity index (χ0n) is 14.6. The smallest absolute Gasteiger partial charge is 0.274 e. The molecule has 0 bridgehead atoms. The number of rotatable bonds is 3. The van der Waals surface area contributed by atoms with Crippen molar-refractivity contribution in [1.29, 1.82) is 0 Å². The molecule has 2 aliphatic heterocycles. The number of amides is 1. The molecule has 1 aromatic rings. The number of aryl methyl sites for hydroxylation is 2. The second-order valence-electron chi connectivity index (χ2n) is 7.09. The number of carbonyl (C=O) groups excluding carboxylic acids is 1. The Balaban J connectivity index is 1.57. The van der Waals surface area contributed by atoms with Crippen molar-refractivity contribution in [3.63, 3.8) is 0 Å². The van der Waals surface area contributed by atoms with E-state index >= 15 is 0 Å². The molecule has 7 nitrogen and oxygen atoms in total. The van der Waals surface area contributed by atoms with Gasteiger partial charge in [0.15, 0.2) is 5.69 Å². The highest BCUT2D eigenvalue weighted by molar-refractivity contribution is 7.88. The zero-order valence-corrected chi connectivity index (χ0v) is 15.4. The number of carbonyl (C=O) groups is 1. The van der Waals surface area contributed by atoms with Crippen LogP contribution in [0.1, 0.15) is 35.4 Å². The maximum atomic E-state index is 12.6. The van der Waals surface area contributed by atoms with Gasteiger partial charge >= 0.3 is 0 Å². The predicted molar refractivity (Wildman–Crippen MR) is 91.1 cm³/mol. The number of hydrogen-bond donors (Lipinski definition) is 0. The molecule has 0 N–H and O–H groups in total. The van der Waals surface area contributed by atoms with Gasteiger partial charge in [0.05, 0.1) is 6.26 Å². The first-order valence-corrected chi connectivity index (χ1v) is 10.4. The SMILES string of the molecule is Cc1cc(C(=O)N2CCC(C3CCN(S(C)(=O)=O)CC3)C2)nn1C. The quantitative estimate of drug-likeness (QED) is 0.807. The molecule has 0 aromatic carbocycles. The van der Waals surface area contributed by atoms with Crippen LogP contribution in [0.4, 0.5) is 0 Å². The number of sulfonamides is 1. The van der Waals surface area contributed by atoms with Crippen LogP contribution in [0, 0.1) is 18.8 Å². The van der Waals surface area contributed by atoms with E-state index in [1.54, 1.807) is 8.99 Å². The number of likely N-dealkylation sites (tertiary alicyclic amines) is 1. The molecule has 0 spiro atoms. The molecule has 134 valence electrons. The van der Waals surface area contributed by atoms with Crippen molar-refractivity contribution >= 4 is 15.9 Å². The third-order valence-corrected chi connectivity index (χ3v) is 6.78. The van der Waals surface area contributed by atoms with Crippen LogP contribution in [0.25, 0.3) is 0 Å². The summed E-state index contributed by atoms with van der Waals surface area (Å²) in [5.41, 5.74) is 1.49. The Morgan fingerprint density at radius 3 is 2.33 bits per heavy atom. The topological polar surface area (TPSA) is 75.5 Å². The standard InChI is InChI=1S/C16H26N4O3S/c1-12-10-15(17-18(12)2)16(21)19-7-4-14(11-19)13-5-8-20(9-6-13)24(3,22)23/h10,13-14H,4-9,11H2,1-3H3. The Morgan fingerprint density at radius 2 is 1.79 bits per heavy atom. The van der Waals surface area contributed by atoms with E-state index in [0.29, 0.717) is 30.6 Å². The Kier molecular flexibility index (Phi) is 4.70. The van der Waals surface area contributed by atoms with Crippen molar-refractivity contribution in [2.75, 3.05) is 32.4 Å². The average molecular weight is 354 g/mol. The van der Waals surface area contributed by atoms with Crippen molar-refractivity contribution < 1.29 is 13.2 Å². The zero-order chi connectivity index (χ0) is 17.5. The van der Waals surface area contributed by atoms with E-state index in [1.807, 2.05) is 24.9 Å². The molecule has 24 heavy (non-hydrogen) atoms. The lowest BCUT2D eigenvalue weighted by Crippen LogP contribution is -2.40. The third-order valence-electron chi connectivity index (χ3n) is 5.48. The van der Waals surface area contributed by atoms with Crippen LogP contribution in [0.3, 0.4) is 0 Å². The summed E-state index contributed by atoms with van der Waals surface area (Å²) >= 11 is 0. The summed E-state index contributed by atoms with van der Waals surface area (Å²) in [4.78, 5) is 14.5. The largest absolute Gasteiger partial charge is 0.337 e. The lowest BCUT2D eigenvalue weighted by atomic mass is 9.84. The predicted octanol–water partition coefficient (Wildman–Crippen LogP) is 0.862. The number of nitrogens with zero attached hydrogens (tertiary/aromatic N) is 4. The molecule has 0 saturated carbocycles. The summed E-state index contributed by atoms with van der Waals surface area (Å²) in [6, 6.07) is 1.83. The molecule has 1 aromatic heterocycles. The minimum Gasteiger partial charge on any atom is -0.337 e. The van der Waals surface area contributed by atoms with Crippen molar-refractivity contribution in [3.8, 4) is 0 Å². The summed E-state index contributed by atoms with van der Waals surface area (Å²) in [5.74, 6) is 0.988. The molecule has 3 heterocycles. The molecule has 1 amide bonds. The van der Waals surface area contributed by atoms with Gasteiger partial charge in [0.1, 0.15) is 0 Å². The molecular formula is C16H26N4O3S. The first-order valence-electron chi connectivity index (χ1n) is 8.50. The molecule has 8 heteroatoms. The summed E-state index contributed by atoms with van der Waals surface area (Å²) in [5, 5.41) is 4.28. The lowest BCUT2D eigenvalue weighted by molar-refractivity contribution is 0.0772. The van der Waals surface area contributed by atoms with E-state index in [-0.39, 0.29) is 5.91 Å². The van der Waals surface area contributed by atoms with E-state index in [1.165, 1.54) is 6.26 Å². The van der Waals surface area contributed by atoms with Gasteiger partial charge in [-0.3, -0.25) is 9.48 Å². The van der Waals surface area contributed by atoms with Gasteiger partial charge in [-0.2, -0.15) is 5.10 Å². The Bertz CT molecular complexity index is 700. The molecule has 2 saturated heterocycles. The molecule has 0 aliphatic carbocycles. The average Bonchev–Trinajstić information content (AvgIpc) is 3.14. The second-order valence-corrected chi connectivity index (χ2v) is 9.08. The lowest BCUT2D eigenvalue weighted by Gasteiger charge is -2.33. The highest BCUT2D eigenvalue weighted by atomic mass is 32.2. The van der Waals surface area contributed by atoms with Gasteiger partial charge in [0.25, 0.3) is 5.91 Å². The monoisotopic (exact) mass is 354 g/mol. The molecule has 2 aliphatic rings. The van der Waals surface area contributed by atoms with Crippen LogP contribution in [0.2, 0.25) is 0 Å². The number of hydrogen-bond acceptors (Lipinski definition) is 4. The Labute approximate surface area is 143 Å². The normalized spacial score (nSPS) is 23.8. The molecule has 3 rings (SSSR count). The van der Waals surface area contributed by atoms with Gasteiger partial charge in [0, 0.05) is 38.9 Å². The van der Waals surface area contributed by atoms with Gasteiger partial charge in [-0.1, -0.05) is 0 Å². The molecular weight excluding hydrogens is 328 g/mol. The fourth-order valence-corrected chi connectivity index (χ4v) is 4.74. The van der Waals surface area contributed by atoms with Crippen molar-refractivity contribution in [2.24, 2.45) is 18.9 Å². The van der Waals surface area contributed by atoms with Crippen LogP contribution >= 0.6 is 0 Å². The van der Waals surface area contributed by atoms with Gasteiger partial charge in [-0.05, 0) is 44.1 Å². The van der Waals surface area contributed by atoms with Crippen LogP contribution in [-0.2, 0) is 17.1 Å². The van der Waals surface area contributed by atoms with Gasteiger partial charge in [0.2, 0.25) is 10.0 Å². The van der Waals surface area contributed by atoms with Crippen molar-refractivity contribution in [3.05, 3.63) is 17.5 Å². The minimum atomic E-state index is -3.08. The Morgan fingerprint density at radius 1 is 1.17 bits per heavy atom. The molecule has 1 unspecified atom stereocenters. The van der Waals surface area contributed by atoms with Crippen LogP contribution in [0.15, 0.2) is 6.07 Å². The summed E-state index contributed by atoms with van der Waals surface area (Å²) in [7, 11) is -1.23. The molecule has 0 radical (unpaired) electrons. The van der Waals surface area contributed by atoms with Gasteiger partial charge in [-0.25, -0.2) is 12.7 Å². The summed E-state index contributed by atoms with van der Waals surface area (Å²) in [6.45, 7) is 4.68. The first-order chi connectivity index (χ1) is 11.3. The van der Waals surface area contributed by atoms with Crippen LogP contribution < -0.4 is 0 Å². The van der Waals surface area contributed by atoms with Crippen LogP contribution in [-0.4, -0.2) is 65.7 Å². The highest BCUT2D eigenvalue weighted by Gasteiger charge is 2.35. The third kappa shape index (κ3) is 3.49. The number of piperidine rings is 1.